The number of hydrazone groups is 2. The Labute approximate surface area is 178 Å². The molecule has 0 atom stereocenters. The molecule has 0 aliphatic heterocycles. The number of hydrogen-bond acceptors (Lipinski definition) is 4. The van der Waals surface area contributed by atoms with Crippen LogP contribution in [-0.2, 0) is 9.59 Å². The third kappa shape index (κ3) is 7.99. The van der Waals surface area contributed by atoms with Gasteiger partial charge in [-0.2, -0.15) is 10.2 Å². The molecular formula is C24H30N4O2. The van der Waals surface area contributed by atoms with Crippen LogP contribution in [0.2, 0.25) is 0 Å². The second-order valence-corrected chi connectivity index (χ2v) is 7.51. The van der Waals surface area contributed by atoms with E-state index in [1.165, 1.54) is 11.1 Å². The topological polar surface area (TPSA) is 82.9 Å². The minimum Gasteiger partial charge on any atom is -0.273 e. The molecular weight excluding hydrogens is 376 g/mol. The average molecular weight is 407 g/mol. The molecule has 2 aromatic rings. The quantitative estimate of drug-likeness (QED) is 0.374. The van der Waals surface area contributed by atoms with Gasteiger partial charge in [-0.05, 0) is 62.8 Å². The molecule has 6 nitrogen and oxygen atoms in total. The number of carbonyl (C=O) groups is 2. The van der Waals surface area contributed by atoms with Crippen LogP contribution >= 0.6 is 0 Å². The molecule has 0 aliphatic rings. The summed E-state index contributed by atoms with van der Waals surface area (Å²) in [6.45, 7) is 8.08. The maximum Gasteiger partial charge on any atom is 0.240 e. The van der Waals surface area contributed by atoms with Crippen LogP contribution in [0.5, 0.6) is 0 Å². The smallest absolute Gasteiger partial charge is 0.240 e. The zero-order chi connectivity index (χ0) is 21.9. The number of unbranched alkanes of at least 4 members (excludes halogenated alkanes) is 1. The molecule has 0 aromatic heterocycles. The summed E-state index contributed by atoms with van der Waals surface area (Å²) in [6, 6.07) is 12.1. The molecule has 0 heterocycles. The van der Waals surface area contributed by atoms with Gasteiger partial charge in [-0.3, -0.25) is 9.59 Å². The van der Waals surface area contributed by atoms with Crippen molar-refractivity contribution in [2.75, 3.05) is 0 Å². The number of nitrogens with one attached hydrogen (secondary N) is 2. The van der Waals surface area contributed by atoms with Crippen LogP contribution in [-0.4, -0.2) is 24.2 Å². The fourth-order valence-corrected chi connectivity index (χ4v) is 2.97. The molecule has 158 valence electrons. The predicted molar refractivity (Wildman–Crippen MR) is 122 cm³/mol. The van der Waals surface area contributed by atoms with Crippen LogP contribution in [0.3, 0.4) is 0 Å². The molecule has 0 saturated carbocycles. The Balaban J connectivity index is 1.63. The van der Waals surface area contributed by atoms with E-state index in [0.29, 0.717) is 25.7 Å². The molecule has 0 bridgehead atoms. The number of rotatable bonds is 9. The van der Waals surface area contributed by atoms with Crippen molar-refractivity contribution in [1.82, 2.24) is 10.9 Å². The Morgan fingerprint density at radius 2 is 1.13 bits per heavy atom. The van der Waals surface area contributed by atoms with E-state index in [9.17, 15) is 9.59 Å². The van der Waals surface area contributed by atoms with Crippen molar-refractivity contribution in [2.45, 2.75) is 53.4 Å². The molecule has 0 spiro atoms. The lowest BCUT2D eigenvalue weighted by Gasteiger charge is -2.03. The van der Waals surface area contributed by atoms with Gasteiger partial charge in [0.1, 0.15) is 0 Å². The molecule has 2 N–H and O–H groups in total. The van der Waals surface area contributed by atoms with Crippen LogP contribution in [0.4, 0.5) is 0 Å². The fraction of sp³-hybridized carbons (Fsp3) is 0.333. The lowest BCUT2D eigenvalue weighted by Crippen LogP contribution is -2.19. The second kappa shape index (κ2) is 11.7. The highest BCUT2D eigenvalue weighted by molar-refractivity contribution is 5.84. The Hall–Kier alpha value is -3.28. The Bertz CT molecular complexity index is 871. The molecule has 0 saturated heterocycles. The Morgan fingerprint density at radius 1 is 0.733 bits per heavy atom. The third-order valence-electron chi connectivity index (χ3n) is 4.69. The highest BCUT2D eigenvalue weighted by Crippen LogP contribution is 2.09. The van der Waals surface area contributed by atoms with Crippen molar-refractivity contribution in [3.8, 4) is 0 Å². The van der Waals surface area contributed by atoms with E-state index in [1.807, 2.05) is 52.0 Å². The summed E-state index contributed by atoms with van der Waals surface area (Å²) < 4.78 is 0. The Morgan fingerprint density at radius 3 is 1.50 bits per heavy atom. The molecule has 6 heteroatoms. The summed E-state index contributed by atoms with van der Waals surface area (Å²) in [5.74, 6) is -0.325. The number of nitrogens with zero attached hydrogens (tertiary/aromatic N) is 2. The summed E-state index contributed by atoms with van der Waals surface area (Å²) in [5, 5.41) is 8.01. The lowest BCUT2D eigenvalue weighted by molar-refractivity contribution is -0.123. The van der Waals surface area contributed by atoms with Crippen LogP contribution in [0.15, 0.2) is 46.6 Å². The van der Waals surface area contributed by atoms with E-state index in [1.54, 1.807) is 12.4 Å². The van der Waals surface area contributed by atoms with E-state index in [2.05, 4.69) is 33.2 Å². The summed E-state index contributed by atoms with van der Waals surface area (Å²) in [6.07, 6.45) is 5.16. The van der Waals surface area contributed by atoms with Gasteiger partial charge in [0.05, 0.1) is 12.4 Å². The molecule has 0 fully saturated rings. The van der Waals surface area contributed by atoms with Gasteiger partial charge in [-0.15, -0.1) is 0 Å². The maximum absolute atomic E-state index is 11.9. The average Bonchev–Trinajstić information content (AvgIpc) is 2.68. The minimum atomic E-state index is -0.163. The maximum atomic E-state index is 11.9. The van der Waals surface area contributed by atoms with Crippen LogP contribution in [0, 0.1) is 27.7 Å². The molecule has 30 heavy (non-hydrogen) atoms. The zero-order valence-corrected chi connectivity index (χ0v) is 18.2. The monoisotopic (exact) mass is 406 g/mol. The SMILES string of the molecule is Cc1ccc(/C=N\NC(=O)CCCCC(=O)N/N=C\c2ccc(C)cc2C)c(C)c1. The molecule has 2 amide bonds. The third-order valence-corrected chi connectivity index (χ3v) is 4.69. The standard InChI is InChI=1S/C24H30N4O2/c1-17-9-11-21(19(3)13-17)15-25-27-23(29)7-5-6-8-24(30)28-26-16-22-12-10-18(2)14-20(22)4/h9-16H,5-8H2,1-4H3,(H,27,29)(H,28,30)/b25-15-,26-16-. The lowest BCUT2D eigenvalue weighted by atomic mass is 10.1. The first-order valence-corrected chi connectivity index (χ1v) is 10.1. The summed E-state index contributed by atoms with van der Waals surface area (Å²) >= 11 is 0. The van der Waals surface area contributed by atoms with Crippen LogP contribution in [0.1, 0.15) is 59.1 Å². The van der Waals surface area contributed by atoms with Crippen molar-refractivity contribution < 1.29 is 9.59 Å². The summed E-state index contributed by atoms with van der Waals surface area (Å²) in [4.78, 5) is 23.7. The molecule has 0 radical (unpaired) electrons. The first kappa shape index (κ1) is 23.0. The van der Waals surface area contributed by atoms with E-state index in [0.717, 1.165) is 22.3 Å². The largest absolute Gasteiger partial charge is 0.273 e. The van der Waals surface area contributed by atoms with E-state index in [-0.39, 0.29) is 11.8 Å². The summed E-state index contributed by atoms with van der Waals surface area (Å²) in [7, 11) is 0. The Kier molecular flexibility index (Phi) is 8.94. The van der Waals surface area contributed by atoms with Crippen LogP contribution in [0.25, 0.3) is 0 Å². The molecule has 0 aliphatic carbocycles. The van der Waals surface area contributed by atoms with Gasteiger partial charge in [0.15, 0.2) is 0 Å². The first-order valence-electron chi connectivity index (χ1n) is 10.1. The zero-order valence-electron chi connectivity index (χ0n) is 18.2. The summed E-state index contributed by atoms with van der Waals surface area (Å²) in [5.41, 5.74) is 11.6. The van der Waals surface area contributed by atoms with Gasteiger partial charge in [-0.1, -0.05) is 47.5 Å². The van der Waals surface area contributed by atoms with Gasteiger partial charge in [-0.25, -0.2) is 10.9 Å². The van der Waals surface area contributed by atoms with Crippen molar-refractivity contribution in [2.24, 2.45) is 10.2 Å². The number of carbonyl (C=O) groups excluding carboxylic acids is 2. The van der Waals surface area contributed by atoms with Crippen molar-refractivity contribution in [3.05, 3.63) is 69.8 Å². The van der Waals surface area contributed by atoms with Crippen molar-refractivity contribution in [3.63, 3.8) is 0 Å². The number of amides is 2. The minimum absolute atomic E-state index is 0.163. The molecule has 2 aromatic carbocycles. The van der Waals surface area contributed by atoms with E-state index < -0.39 is 0 Å². The highest BCUT2D eigenvalue weighted by Gasteiger charge is 2.03. The fourth-order valence-electron chi connectivity index (χ4n) is 2.97. The number of hydrogen-bond donors (Lipinski definition) is 2. The predicted octanol–water partition coefficient (Wildman–Crippen LogP) is 4.08. The normalized spacial score (nSPS) is 11.2. The van der Waals surface area contributed by atoms with Gasteiger partial charge in [0, 0.05) is 12.8 Å². The van der Waals surface area contributed by atoms with Crippen LogP contribution < -0.4 is 10.9 Å². The number of aryl methyl sites for hydroxylation is 4. The second-order valence-electron chi connectivity index (χ2n) is 7.51. The molecule has 0 unspecified atom stereocenters. The van der Waals surface area contributed by atoms with Gasteiger partial charge in [0.2, 0.25) is 11.8 Å². The highest BCUT2D eigenvalue weighted by atomic mass is 16.2. The van der Waals surface area contributed by atoms with Gasteiger partial charge in [0.25, 0.3) is 0 Å². The van der Waals surface area contributed by atoms with Crippen molar-refractivity contribution >= 4 is 24.2 Å². The molecule has 2 rings (SSSR count). The first-order chi connectivity index (χ1) is 14.3. The van der Waals surface area contributed by atoms with Gasteiger partial charge < -0.3 is 0 Å². The van der Waals surface area contributed by atoms with Crippen molar-refractivity contribution in [1.29, 1.82) is 0 Å². The number of benzene rings is 2. The van der Waals surface area contributed by atoms with E-state index >= 15 is 0 Å². The van der Waals surface area contributed by atoms with Gasteiger partial charge >= 0.3 is 0 Å². The van der Waals surface area contributed by atoms with E-state index in [4.69, 9.17) is 0 Å².